The van der Waals surface area contributed by atoms with Crippen LogP contribution in [0.1, 0.15) is 24.0 Å². The fraction of sp³-hybridized carbons (Fsp3) is 0.263. The van der Waals surface area contributed by atoms with Gasteiger partial charge in [0.2, 0.25) is 5.91 Å². The van der Waals surface area contributed by atoms with Gasteiger partial charge < -0.3 is 15.8 Å². The summed E-state index contributed by atoms with van der Waals surface area (Å²) >= 11 is 0. The van der Waals surface area contributed by atoms with Crippen molar-refractivity contribution in [2.24, 2.45) is 5.73 Å². The van der Waals surface area contributed by atoms with Crippen LogP contribution >= 0.6 is 0 Å². The first-order chi connectivity index (χ1) is 11.6. The van der Waals surface area contributed by atoms with E-state index in [9.17, 15) is 9.59 Å². The summed E-state index contributed by atoms with van der Waals surface area (Å²) in [6.07, 6.45) is 1.27. The van der Waals surface area contributed by atoms with Gasteiger partial charge in [0.25, 0.3) is 0 Å². The lowest BCUT2D eigenvalue weighted by atomic mass is 10.0. The van der Waals surface area contributed by atoms with Crippen LogP contribution in [0.4, 0.5) is 5.69 Å². The maximum atomic E-state index is 11.9. The molecule has 0 spiro atoms. The van der Waals surface area contributed by atoms with Crippen LogP contribution in [0, 0.1) is 0 Å². The Morgan fingerprint density at radius 2 is 1.67 bits per heavy atom. The number of anilines is 1. The maximum Gasteiger partial charge on any atom is 0.322 e. The Kier molecular flexibility index (Phi) is 6.51. The van der Waals surface area contributed by atoms with E-state index in [0.717, 1.165) is 12.1 Å². The first kappa shape index (κ1) is 17.7. The summed E-state index contributed by atoms with van der Waals surface area (Å²) < 4.78 is 4.53. The molecule has 5 heteroatoms. The van der Waals surface area contributed by atoms with Gasteiger partial charge in [0.15, 0.2) is 0 Å². The number of carbonyl (C=O) groups excluding carboxylic acids is 2. The number of methoxy groups -OCH3 is 1. The predicted molar refractivity (Wildman–Crippen MR) is 93.5 cm³/mol. The van der Waals surface area contributed by atoms with Crippen LogP contribution in [0.2, 0.25) is 0 Å². The van der Waals surface area contributed by atoms with Crippen LogP contribution in [-0.4, -0.2) is 25.0 Å². The fourth-order valence-electron chi connectivity index (χ4n) is 2.32. The number of ether oxygens (including phenoxy) is 1. The highest BCUT2D eigenvalue weighted by molar-refractivity contribution is 5.91. The highest BCUT2D eigenvalue weighted by Gasteiger charge is 2.15. The smallest absolute Gasteiger partial charge is 0.322 e. The molecule has 0 bridgehead atoms. The summed E-state index contributed by atoms with van der Waals surface area (Å²) in [6.45, 7) is 0. The van der Waals surface area contributed by atoms with Gasteiger partial charge >= 0.3 is 5.97 Å². The summed E-state index contributed by atoms with van der Waals surface area (Å²) in [5.74, 6) is -0.682. The second-order valence-corrected chi connectivity index (χ2v) is 5.58. The Labute approximate surface area is 141 Å². The molecule has 0 saturated heterocycles. The molecule has 0 radical (unpaired) electrons. The summed E-state index contributed by atoms with van der Waals surface area (Å²) in [6, 6.07) is 17.1. The van der Waals surface area contributed by atoms with Crippen molar-refractivity contribution < 1.29 is 14.3 Å². The second-order valence-electron chi connectivity index (χ2n) is 5.58. The van der Waals surface area contributed by atoms with E-state index in [4.69, 9.17) is 5.73 Å². The molecule has 1 atom stereocenters. The van der Waals surface area contributed by atoms with Crippen molar-refractivity contribution in [3.8, 4) is 0 Å². The molecule has 2 rings (SSSR count). The van der Waals surface area contributed by atoms with Crippen molar-refractivity contribution in [2.45, 2.75) is 25.3 Å². The highest BCUT2D eigenvalue weighted by atomic mass is 16.5. The van der Waals surface area contributed by atoms with Gasteiger partial charge in [0.05, 0.1) is 7.11 Å². The number of amides is 1. The second kappa shape index (κ2) is 8.84. The van der Waals surface area contributed by atoms with Crippen LogP contribution in [0.3, 0.4) is 0 Å². The first-order valence-electron chi connectivity index (χ1n) is 7.84. The van der Waals surface area contributed by atoms with Crippen LogP contribution in [-0.2, 0) is 20.7 Å². The van der Waals surface area contributed by atoms with Gasteiger partial charge in [0, 0.05) is 12.1 Å². The fourth-order valence-corrected chi connectivity index (χ4v) is 2.32. The molecule has 126 valence electrons. The molecule has 1 amide bonds. The van der Waals surface area contributed by atoms with E-state index in [0.29, 0.717) is 0 Å². The summed E-state index contributed by atoms with van der Waals surface area (Å²) in [7, 11) is 1.28. The molecule has 24 heavy (non-hydrogen) atoms. The molecule has 0 unspecified atom stereocenters. The highest BCUT2D eigenvalue weighted by Crippen LogP contribution is 2.14. The number of nitrogens with two attached hydrogens (primary N) is 1. The van der Waals surface area contributed by atoms with Gasteiger partial charge in [-0.1, -0.05) is 42.5 Å². The molecular formula is C19H22N2O3. The largest absolute Gasteiger partial charge is 0.468 e. The molecule has 0 saturated carbocycles. The number of hydrogen-bond donors (Lipinski definition) is 2. The van der Waals surface area contributed by atoms with Crippen molar-refractivity contribution in [3.63, 3.8) is 0 Å². The number of esters is 1. The van der Waals surface area contributed by atoms with E-state index in [1.54, 1.807) is 0 Å². The van der Waals surface area contributed by atoms with Gasteiger partial charge in [-0.25, -0.2) is 0 Å². The number of benzene rings is 2. The molecule has 0 aliphatic carbocycles. The molecule has 0 aliphatic heterocycles. The van der Waals surface area contributed by atoms with Gasteiger partial charge in [-0.05, 0) is 36.1 Å². The van der Waals surface area contributed by atoms with Crippen molar-refractivity contribution in [1.29, 1.82) is 0 Å². The van der Waals surface area contributed by atoms with E-state index in [2.05, 4.69) is 22.2 Å². The lowest BCUT2D eigenvalue weighted by Gasteiger charge is -2.10. The third-order valence-electron chi connectivity index (χ3n) is 3.68. The van der Waals surface area contributed by atoms with Gasteiger partial charge in [-0.3, -0.25) is 9.59 Å². The lowest BCUT2D eigenvalue weighted by Crippen LogP contribution is -2.32. The normalized spacial score (nSPS) is 11.6. The standard InChI is InChI=1S/C19H22N2O3/c1-24-19(23)17(20)11-12-18(22)21-16-9-7-15(8-10-16)13-14-5-3-2-4-6-14/h2-10,17H,11-13,20H2,1H3,(H,21,22)/t17-/m0/s1. The zero-order valence-corrected chi connectivity index (χ0v) is 13.7. The molecular weight excluding hydrogens is 304 g/mol. The molecule has 0 aliphatic rings. The van der Waals surface area contributed by atoms with E-state index < -0.39 is 12.0 Å². The number of nitrogens with one attached hydrogen (secondary N) is 1. The first-order valence-corrected chi connectivity index (χ1v) is 7.84. The molecule has 2 aromatic rings. The van der Waals surface area contributed by atoms with E-state index in [1.165, 1.54) is 18.2 Å². The van der Waals surface area contributed by atoms with Crippen LogP contribution in [0.25, 0.3) is 0 Å². The number of hydrogen-bond acceptors (Lipinski definition) is 4. The monoisotopic (exact) mass is 326 g/mol. The zero-order valence-electron chi connectivity index (χ0n) is 13.7. The van der Waals surface area contributed by atoms with E-state index in [1.807, 2.05) is 42.5 Å². The molecule has 5 nitrogen and oxygen atoms in total. The molecule has 0 fully saturated rings. The van der Waals surface area contributed by atoms with Gasteiger partial charge in [-0.15, -0.1) is 0 Å². The maximum absolute atomic E-state index is 11.9. The molecule has 0 aromatic heterocycles. The van der Waals surface area contributed by atoms with Gasteiger partial charge in [0.1, 0.15) is 6.04 Å². The average molecular weight is 326 g/mol. The molecule has 2 aromatic carbocycles. The summed E-state index contributed by atoms with van der Waals surface area (Å²) in [5, 5.41) is 2.80. The average Bonchev–Trinajstić information content (AvgIpc) is 2.61. The Morgan fingerprint density at radius 1 is 1.04 bits per heavy atom. The third-order valence-corrected chi connectivity index (χ3v) is 3.68. The minimum Gasteiger partial charge on any atom is -0.468 e. The Bertz CT molecular complexity index is 669. The lowest BCUT2D eigenvalue weighted by molar-refractivity contribution is -0.142. The van der Waals surface area contributed by atoms with Crippen LogP contribution < -0.4 is 11.1 Å². The minimum absolute atomic E-state index is 0.169. The SMILES string of the molecule is COC(=O)[C@@H](N)CCC(=O)Nc1ccc(Cc2ccccc2)cc1. The zero-order chi connectivity index (χ0) is 17.4. The number of carbonyl (C=O) groups is 2. The van der Waals surface area contributed by atoms with Crippen molar-refractivity contribution >= 4 is 17.6 Å². The van der Waals surface area contributed by atoms with E-state index in [-0.39, 0.29) is 18.7 Å². The summed E-state index contributed by atoms with van der Waals surface area (Å²) in [4.78, 5) is 23.1. The predicted octanol–water partition coefficient (Wildman–Crippen LogP) is 2.50. The van der Waals surface area contributed by atoms with Crippen LogP contribution in [0.5, 0.6) is 0 Å². The van der Waals surface area contributed by atoms with Crippen molar-refractivity contribution in [3.05, 3.63) is 65.7 Å². The quantitative estimate of drug-likeness (QED) is 0.766. The van der Waals surface area contributed by atoms with Crippen molar-refractivity contribution in [1.82, 2.24) is 0 Å². The number of rotatable bonds is 7. The topological polar surface area (TPSA) is 81.4 Å². The molecule has 0 heterocycles. The Hall–Kier alpha value is -2.66. The summed E-state index contributed by atoms with van der Waals surface area (Å²) in [5.41, 5.74) is 8.75. The van der Waals surface area contributed by atoms with E-state index >= 15 is 0 Å². The van der Waals surface area contributed by atoms with Gasteiger partial charge in [-0.2, -0.15) is 0 Å². The third kappa shape index (κ3) is 5.52. The van der Waals surface area contributed by atoms with Crippen molar-refractivity contribution in [2.75, 3.05) is 12.4 Å². The minimum atomic E-state index is -0.769. The van der Waals surface area contributed by atoms with Crippen LogP contribution in [0.15, 0.2) is 54.6 Å². The molecule has 3 N–H and O–H groups in total. The Balaban J connectivity index is 1.83. The Morgan fingerprint density at radius 3 is 2.29 bits per heavy atom.